The molecule has 2 aromatic carbocycles. The third kappa shape index (κ3) is 6.73. The third-order valence-corrected chi connectivity index (χ3v) is 8.15. The van der Waals surface area contributed by atoms with Crippen LogP contribution in [0.1, 0.15) is 23.3 Å². The van der Waals surface area contributed by atoms with Gasteiger partial charge >= 0.3 is 0 Å². The summed E-state index contributed by atoms with van der Waals surface area (Å²) >= 11 is 1.10. The Bertz CT molecular complexity index is 1630. The van der Waals surface area contributed by atoms with E-state index in [4.69, 9.17) is 9.56 Å². The van der Waals surface area contributed by atoms with E-state index in [0.717, 1.165) is 17.3 Å². The van der Waals surface area contributed by atoms with Gasteiger partial charge in [0.2, 0.25) is 21.8 Å². The largest absolute Gasteiger partial charge is 0.467 e. The fraction of sp³-hybridized carbons (Fsp3) is 0.222. The number of hydrogen-bond donors (Lipinski definition) is 3. The number of nitrogens with zero attached hydrogens (tertiary/aromatic N) is 3. The number of benzene rings is 2. The average Bonchev–Trinajstić information content (AvgIpc) is 3.59. The molecule has 4 N–H and O–H groups in total. The van der Waals surface area contributed by atoms with Gasteiger partial charge in [-0.1, -0.05) is 36.0 Å². The highest BCUT2D eigenvalue weighted by atomic mass is 32.2. The van der Waals surface area contributed by atoms with E-state index in [9.17, 15) is 22.8 Å². The lowest BCUT2D eigenvalue weighted by molar-refractivity contribution is -0.128. The van der Waals surface area contributed by atoms with Crippen LogP contribution >= 0.6 is 11.8 Å². The van der Waals surface area contributed by atoms with Crippen LogP contribution in [0.4, 0.5) is 5.69 Å². The number of aliphatic imine (C=N–C) groups is 2. The lowest BCUT2D eigenvalue weighted by Crippen LogP contribution is -2.42. The minimum atomic E-state index is -3.76. The number of sulfonamides is 1. The molecular formula is C27H26N6O6S2. The van der Waals surface area contributed by atoms with Crippen LogP contribution in [-0.4, -0.2) is 60.4 Å². The number of carbonyl (C=O) groups excluding carboxylic acids is 3. The fourth-order valence-corrected chi connectivity index (χ4v) is 5.60. The number of carbonyl (C=O) groups is 3. The number of hydrogen-bond acceptors (Lipinski definition) is 9. The van der Waals surface area contributed by atoms with Crippen LogP contribution in [0.2, 0.25) is 0 Å². The van der Waals surface area contributed by atoms with Crippen molar-refractivity contribution in [2.45, 2.75) is 30.3 Å². The normalized spacial score (nSPS) is 16.0. The summed E-state index contributed by atoms with van der Waals surface area (Å²) in [5.74, 6) is -0.0134. The van der Waals surface area contributed by atoms with Gasteiger partial charge in [0.25, 0.3) is 5.91 Å². The van der Waals surface area contributed by atoms with E-state index in [2.05, 4.69) is 20.6 Å². The van der Waals surface area contributed by atoms with Crippen molar-refractivity contribution in [1.82, 2.24) is 15.5 Å². The molecule has 0 radical (unpaired) electrons. The topological polar surface area (TPSA) is 177 Å². The van der Waals surface area contributed by atoms with Crippen LogP contribution in [0, 0.1) is 0 Å². The molecule has 3 heterocycles. The molecule has 212 valence electrons. The van der Waals surface area contributed by atoms with E-state index in [1.807, 2.05) is 12.1 Å². The van der Waals surface area contributed by atoms with Gasteiger partial charge in [0, 0.05) is 12.1 Å². The summed E-state index contributed by atoms with van der Waals surface area (Å²) in [5, 5.41) is 11.0. The predicted molar refractivity (Wildman–Crippen MR) is 153 cm³/mol. The van der Waals surface area contributed by atoms with E-state index in [1.165, 1.54) is 23.3 Å². The highest BCUT2D eigenvalue weighted by Gasteiger charge is 2.42. The Morgan fingerprint density at radius 2 is 1.80 bits per heavy atom. The first kappa shape index (κ1) is 28.3. The average molecular weight is 595 g/mol. The molecule has 0 saturated carbocycles. The first-order valence-corrected chi connectivity index (χ1v) is 15.1. The molecule has 0 fully saturated rings. The standard InChI is InChI=1S/C27H26N6O6S2/c28-41(37,38)19-9-7-17(8-10-19)11-12-29-24(35)16-40-27-32-21-6-2-1-5-20(21)25-31-22(26(36)33(25)27)14-23(34)30-15-18-4-3-13-39-18/h1-10,13,22H,11-12,14-16H2,(H,29,35)(H,30,34)(H2,28,37,38). The predicted octanol–water partition coefficient (Wildman–Crippen LogP) is 1.68. The van der Waals surface area contributed by atoms with Gasteiger partial charge in [0.15, 0.2) is 5.17 Å². The van der Waals surface area contributed by atoms with Crippen molar-refractivity contribution in [3.05, 3.63) is 83.8 Å². The van der Waals surface area contributed by atoms with E-state index < -0.39 is 22.0 Å². The quantitative estimate of drug-likeness (QED) is 0.320. The van der Waals surface area contributed by atoms with Crippen LogP contribution in [0.5, 0.6) is 0 Å². The fourth-order valence-electron chi connectivity index (χ4n) is 4.25. The van der Waals surface area contributed by atoms with Crippen LogP contribution in [0.3, 0.4) is 0 Å². The number of fused-ring (bicyclic) bond motifs is 3. The second-order valence-electron chi connectivity index (χ2n) is 9.19. The first-order valence-electron chi connectivity index (χ1n) is 12.6. The van der Waals surface area contributed by atoms with Crippen molar-refractivity contribution in [1.29, 1.82) is 0 Å². The number of para-hydroxylation sites is 1. The third-order valence-electron chi connectivity index (χ3n) is 6.29. The SMILES string of the molecule is NS(=O)(=O)c1ccc(CCNC(=O)CSC2=Nc3ccccc3C3=NC(CC(=O)NCc4ccco4)C(=O)N23)cc1. The molecule has 12 nitrogen and oxygen atoms in total. The van der Waals surface area contributed by atoms with Crippen LogP contribution in [0.15, 0.2) is 86.2 Å². The molecule has 2 aliphatic heterocycles. The molecule has 0 spiro atoms. The zero-order chi connectivity index (χ0) is 29.0. The molecule has 41 heavy (non-hydrogen) atoms. The van der Waals surface area contributed by atoms with Gasteiger partial charge in [-0.05, 0) is 48.4 Å². The summed E-state index contributed by atoms with van der Waals surface area (Å²) in [7, 11) is -3.76. The smallest absolute Gasteiger partial charge is 0.259 e. The lowest BCUT2D eigenvalue weighted by atomic mass is 10.1. The van der Waals surface area contributed by atoms with Crippen LogP contribution in [-0.2, 0) is 37.4 Å². The summed E-state index contributed by atoms with van der Waals surface area (Å²) in [6.45, 7) is 0.530. The Labute approximate surface area is 240 Å². The molecule has 0 saturated heterocycles. The number of rotatable bonds is 10. The van der Waals surface area contributed by atoms with Gasteiger partial charge in [-0.3, -0.25) is 19.4 Å². The second-order valence-corrected chi connectivity index (χ2v) is 11.7. The van der Waals surface area contributed by atoms with E-state index in [1.54, 1.807) is 36.4 Å². The number of primary sulfonamides is 1. The van der Waals surface area contributed by atoms with E-state index >= 15 is 0 Å². The van der Waals surface area contributed by atoms with Crippen molar-refractivity contribution < 1.29 is 27.2 Å². The van der Waals surface area contributed by atoms with E-state index in [-0.39, 0.29) is 35.4 Å². The van der Waals surface area contributed by atoms with E-state index in [0.29, 0.717) is 41.0 Å². The van der Waals surface area contributed by atoms with Gasteiger partial charge in [-0.25, -0.2) is 23.4 Å². The molecule has 3 aromatic rings. The van der Waals surface area contributed by atoms with Crippen molar-refractivity contribution in [2.75, 3.05) is 12.3 Å². The highest BCUT2D eigenvalue weighted by molar-refractivity contribution is 8.14. The Balaban J connectivity index is 1.19. The van der Waals surface area contributed by atoms with Gasteiger partial charge in [0.1, 0.15) is 17.6 Å². The molecule has 0 bridgehead atoms. The summed E-state index contributed by atoms with van der Waals surface area (Å²) in [6, 6.07) is 15.9. The lowest BCUT2D eigenvalue weighted by Gasteiger charge is -2.25. The van der Waals surface area contributed by atoms with Crippen molar-refractivity contribution in [3.63, 3.8) is 0 Å². The molecular weight excluding hydrogens is 568 g/mol. The van der Waals surface area contributed by atoms with Gasteiger partial charge in [-0.2, -0.15) is 0 Å². The Morgan fingerprint density at radius 3 is 2.54 bits per heavy atom. The molecule has 0 aliphatic carbocycles. The van der Waals surface area contributed by atoms with Gasteiger partial charge < -0.3 is 15.1 Å². The molecule has 3 amide bonds. The number of furan rings is 1. The maximum Gasteiger partial charge on any atom is 0.259 e. The molecule has 5 rings (SSSR count). The molecule has 14 heteroatoms. The minimum Gasteiger partial charge on any atom is -0.467 e. The zero-order valence-corrected chi connectivity index (χ0v) is 23.3. The maximum atomic E-state index is 13.4. The van der Waals surface area contributed by atoms with Gasteiger partial charge in [-0.15, -0.1) is 0 Å². The highest BCUT2D eigenvalue weighted by Crippen LogP contribution is 2.34. The van der Waals surface area contributed by atoms with Crippen molar-refractivity contribution in [3.8, 4) is 0 Å². The van der Waals surface area contributed by atoms with Crippen molar-refractivity contribution in [2.24, 2.45) is 15.1 Å². The Kier molecular flexibility index (Phi) is 8.33. The number of nitrogens with one attached hydrogen (secondary N) is 2. The molecule has 1 aromatic heterocycles. The van der Waals surface area contributed by atoms with Crippen LogP contribution in [0.25, 0.3) is 0 Å². The summed E-state index contributed by atoms with van der Waals surface area (Å²) in [5.41, 5.74) is 2.12. The zero-order valence-electron chi connectivity index (χ0n) is 21.6. The Morgan fingerprint density at radius 1 is 1.02 bits per heavy atom. The monoisotopic (exact) mass is 594 g/mol. The number of amidine groups is 2. The number of thioether (sulfide) groups is 1. The first-order chi connectivity index (χ1) is 19.7. The summed E-state index contributed by atoms with van der Waals surface area (Å²) in [4.78, 5) is 49.0. The molecule has 1 unspecified atom stereocenters. The summed E-state index contributed by atoms with van der Waals surface area (Å²) in [6.07, 6.45) is 1.86. The molecule has 1 atom stereocenters. The van der Waals surface area contributed by atoms with Gasteiger partial charge in [0.05, 0.1) is 35.6 Å². The minimum absolute atomic E-state index is 0.00326. The second kappa shape index (κ2) is 12.1. The Hall–Kier alpha value is -4.27. The number of nitrogens with two attached hydrogens (primary N) is 1. The maximum absolute atomic E-state index is 13.4. The summed E-state index contributed by atoms with van der Waals surface area (Å²) < 4.78 is 28.0. The van der Waals surface area contributed by atoms with Crippen molar-refractivity contribution >= 4 is 56.2 Å². The molecule has 2 aliphatic rings. The van der Waals surface area contributed by atoms with Crippen LogP contribution < -0.4 is 15.8 Å². The number of amides is 3.